The van der Waals surface area contributed by atoms with Crippen LogP contribution in [0.2, 0.25) is 0 Å². The lowest BCUT2D eigenvalue weighted by atomic mass is 9.76. The predicted molar refractivity (Wildman–Crippen MR) is 77.1 cm³/mol. The molecule has 1 saturated carbocycles. The fourth-order valence-electron chi connectivity index (χ4n) is 3.54. The molecule has 0 atom stereocenters. The van der Waals surface area contributed by atoms with Gasteiger partial charge in [0.2, 0.25) is 0 Å². The first-order chi connectivity index (χ1) is 8.77. The summed E-state index contributed by atoms with van der Waals surface area (Å²) < 4.78 is 0. The number of aromatic nitrogens is 1. The number of hydrogen-bond donors (Lipinski definition) is 1. The van der Waals surface area contributed by atoms with Crippen LogP contribution >= 0.6 is 11.3 Å². The van der Waals surface area contributed by atoms with E-state index >= 15 is 0 Å². The van der Waals surface area contributed by atoms with Crippen LogP contribution in [-0.2, 0) is 18.4 Å². The number of aryl methyl sites for hydroxylation is 2. The highest BCUT2D eigenvalue weighted by atomic mass is 32.1. The Bertz CT molecular complexity index is 395. The fraction of sp³-hybridized carbons (Fsp3) is 0.800. The van der Waals surface area contributed by atoms with Crippen molar-refractivity contribution in [1.82, 2.24) is 10.3 Å². The van der Waals surface area contributed by atoms with Gasteiger partial charge in [0.05, 0.1) is 11.2 Å². The van der Waals surface area contributed by atoms with Gasteiger partial charge in [-0.05, 0) is 57.9 Å². The average Bonchev–Trinajstić information content (AvgIpc) is 3.00. The van der Waals surface area contributed by atoms with Crippen LogP contribution in [-0.4, -0.2) is 12.0 Å². The Balaban J connectivity index is 1.83. The third-order valence-electron chi connectivity index (χ3n) is 5.02. The highest BCUT2D eigenvalue weighted by Crippen LogP contribution is 2.43. The summed E-state index contributed by atoms with van der Waals surface area (Å²) in [6, 6.07) is 0. The summed E-state index contributed by atoms with van der Waals surface area (Å²) in [5.41, 5.74) is 1.60. The third kappa shape index (κ3) is 2.01. The molecule has 0 saturated heterocycles. The average molecular weight is 264 g/mol. The third-order valence-corrected chi connectivity index (χ3v) is 6.38. The predicted octanol–water partition coefficient (Wildman–Crippen LogP) is 3.65. The van der Waals surface area contributed by atoms with Gasteiger partial charge in [0.25, 0.3) is 0 Å². The summed E-state index contributed by atoms with van der Waals surface area (Å²) in [5.74, 6) is 0.943. The van der Waals surface area contributed by atoms with Crippen molar-refractivity contribution in [3.8, 4) is 0 Å². The summed E-state index contributed by atoms with van der Waals surface area (Å²) in [6.45, 7) is 2.33. The summed E-state index contributed by atoms with van der Waals surface area (Å²) in [6.07, 6.45) is 10.4. The summed E-state index contributed by atoms with van der Waals surface area (Å²) >= 11 is 1.99. The number of nitrogens with zero attached hydrogens (tertiary/aromatic N) is 1. The van der Waals surface area contributed by atoms with E-state index in [1.165, 1.54) is 62.1 Å². The molecule has 1 N–H and O–H groups in total. The maximum Gasteiger partial charge on any atom is 0.113 e. The zero-order valence-electron chi connectivity index (χ0n) is 11.6. The van der Waals surface area contributed by atoms with E-state index in [4.69, 9.17) is 4.98 Å². The Labute approximate surface area is 114 Å². The zero-order chi connectivity index (χ0) is 12.6. The Morgan fingerprint density at radius 3 is 2.72 bits per heavy atom. The summed E-state index contributed by atoms with van der Waals surface area (Å²) in [4.78, 5) is 6.53. The molecule has 0 aromatic carbocycles. The number of hydrogen-bond acceptors (Lipinski definition) is 3. The first-order valence-corrected chi connectivity index (χ1v) is 8.27. The minimum Gasteiger partial charge on any atom is -0.308 e. The van der Waals surface area contributed by atoms with E-state index in [1.54, 1.807) is 4.88 Å². The van der Waals surface area contributed by atoms with E-state index in [9.17, 15) is 0 Å². The van der Waals surface area contributed by atoms with Crippen molar-refractivity contribution in [2.24, 2.45) is 5.92 Å². The van der Waals surface area contributed by atoms with Crippen molar-refractivity contribution in [3.63, 3.8) is 0 Å². The zero-order valence-corrected chi connectivity index (χ0v) is 12.4. The van der Waals surface area contributed by atoms with Crippen molar-refractivity contribution in [1.29, 1.82) is 0 Å². The maximum atomic E-state index is 4.96. The molecule has 2 aliphatic rings. The summed E-state index contributed by atoms with van der Waals surface area (Å²) in [7, 11) is 2.12. The van der Waals surface area contributed by atoms with Crippen LogP contribution in [0, 0.1) is 5.92 Å². The molecule has 3 heteroatoms. The van der Waals surface area contributed by atoms with E-state index in [1.807, 2.05) is 11.3 Å². The lowest BCUT2D eigenvalue weighted by molar-refractivity contribution is 0.195. The second-order valence-electron chi connectivity index (χ2n) is 5.93. The van der Waals surface area contributed by atoms with E-state index in [0.717, 1.165) is 5.92 Å². The van der Waals surface area contributed by atoms with Crippen LogP contribution in [0.25, 0.3) is 0 Å². The molecule has 1 aromatic rings. The topological polar surface area (TPSA) is 24.9 Å². The van der Waals surface area contributed by atoms with Crippen molar-refractivity contribution < 1.29 is 0 Å². The van der Waals surface area contributed by atoms with Gasteiger partial charge in [-0.1, -0.05) is 13.3 Å². The molecule has 0 amide bonds. The molecule has 0 unspecified atom stereocenters. The van der Waals surface area contributed by atoms with Crippen LogP contribution in [0.4, 0.5) is 0 Å². The molecule has 18 heavy (non-hydrogen) atoms. The highest BCUT2D eigenvalue weighted by molar-refractivity contribution is 7.12. The minimum atomic E-state index is 0.195. The lowest BCUT2D eigenvalue weighted by Crippen LogP contribution is -2.43. The van der Waals surface area contributed by atoms with E-state index in [-0.39, 0.29) is 5.54 Å². The van der Waals surface area contributed by atoms with Gasteiger partial charge >= 0.3 is 0 Å². The molecule has 0 bridgehead atoms. The maximum absolute atomic E-state index is 4.96. The van der Waals surface area contributed by atoms with Gasteiger partial charge in [-0.15, -0.1) is 11.3 Å². The molecule has 1 fully saturated rings. The van der Waals surface area contributed by atoms with Crippen LogP contribution in [0.3, 0.4) is 0 Å². The van der Waals surface area contributed by atoms with Gasteiger partial charge < -0.3 is 5.32 Å². The highest BCUT2D eigenvalue weighted by Gasteiger charge is 2.38. The summed E-state index contributed by atoms with van der Waals surface area (Å²) in [5, 5.41) is 4.99. The molecule has 1 heterocycles. The van der Waals surface area contributed by atoms with Crippen LogP contribution in [0.15, 0.2) is 0 Å². The van der Waals surface area contributed by atoms with Gasteiger partial charge in [-0.3, -0.25) is 0 Å². The van der Waals surface area contributed by atoms with Gasteiger partial charge in [0.15, 0.2) is 0 Å². The Morgan fingerprint density at radius 1 is 1.33 bits per heavy atom. The number of thiazole rings is 1. The number of nitrogens with one attached hydrogen (secondary N) is 1. The molecule has 2 aliphatic carbocycles. The molecule has 0 radical (unpaired) electrons. The van der Waals surface area contributed by atoms with Crippen LogP contribution < -0.4 is 5.32 Å². The molecule has 0 spiro atoms. The molecular formula is C15H24N2S. The molecule has 1 aromatic heterocycles. The molecular weight excluding hydrogens is 240 g/mol. The molecule has 100 valence electrons. The minimum absolute atomic E-state index is 0.195. The van der Waals surface area contributed by atoms with Crippen molar-refractivity contribution in [2.75, 3.05) is 7.05 Å². The van der Waals surface area contributed by atoms with Gasteiger partial charge in [0, 0.05) is 4.88 Å². The van der Waals surface area contributed by atoms with Crippen molar-refractivity contribution >= 4 is 11.3 Å². The Morgan fingerprint density at radius 2 is 2.11 bits per heavy atom. The number of rotatable bonds is 3. The Hall–Kier alpha value is -0.410. The van der Waals surface area contributed by atoms with E-state index in [2.05, 4.69) is 19.3 Å². The lowest BCUT2D eigenvalue weighted by Gasteiger charge is -2.38. The first-order valence-electron chi connectivity index (χ1n) is 7.45. The monoisotopic (exact) mass is 264 g/mol. The van der Waals surface area contributed by atoms with Crippen molar-refractivity contribution in [2.45, 2.75) is 63.8 Å². The van der Waals surface area contributed by atoms with Gasteiger partial charge in [-0.2, -0.15) is 0 Å². The number of fused-ring (bicyclic) bond motifs is 1. The van der Waals surface area contributed by atoms with E-state index in [0.29, 0.717) is 0 Å². The van der Waals surface area contributed by atoms with Crippen LogP contribution in [0.1, 0.15) is 61.0 Å². The van der Waals surface area contributed by atoms with Crippen LogP contribution in [0.5, 0.6) is 0 Å². The molecule has 2 nitrogen and oxygen atoms in total. The Kier molecular flexibility index (Phi) is 3.46. The SMILES string of the molecule is CCC1CCC(NC)(c2nc3c(s2)CCC3)CC1. The first kappa shape index (κ1) is 12.6. The second kappa shape index (κ2) is 4.93. The van der Waals surface area contributed by atoms with Gasteiger partial charge in [0.1, 0.15) is 5.01 Å². The fourth-order valence-corrected chi connectivity index (χ4v) is 4.95. The smallest absolute Gasteiger partial charge is 0.113 e. The normalized spacial score (nSPS) is 31.6. The molecule has 0 aliphatic heterocycles. The largest absolute Gasteiger partial charge is 0.308 e. The second-order valence-corrected chi connectivity index (χ2v) is 7.01. The quantitative estimate of drug-likeness (QED) is 0.901. The standard InChI is InChI=1S/C15H24N2S/c1-3-11-7-9-15(16-2,10-8-11)14-17-12-5-4-6-13(12)18-14/h11,16H,3-10H2,1-2H3. The van der Waals surface area contributed by atoms with Crippen molar-refractivity contribution in [3.05, 3.63) is 15.6 Å². The molecule has 3 rings (SSSR count). The van der Waals surface area contributed by atoms with E-state index < -0.39 is 0 Å². The van der Waals surface area contributed by atoms with Gasteiger partial charge in [-0.25, -0.2) is 4.98 Å².